The van der Waals surface area contributed by atoms with Gasteiger partial charge in [0.1, 0.15) is 0 Å². The molecule has 112 valence electrons. The van der Waals surface area contributed by atoms with Crippen LogP contribution in [-0.4, -0.2) is 14.2 Å². The SMILES string of the molecule is COc1cc(Cl)c(C(N)Cc2ccccc2C)cc1OC. The molecule has 2 N–H and O–H groups in total. The summed E-state index contributed by atoms with van der Waals surface area (Å²) in [5, 5.41) is 0.591. The Labute approximate surface area is 130 Å². The van der Waals surface area contributed by atoms with E-state index in [-0.39, 0.29) is 6.04 Å². The van der Waals surface area contributed by atoms with E-state index in [4.69, 9.17) is 26.8 Å². The van der Waals surface area contributed by atoms with Gasteiger partial charge in [-0.25, -0.2) is 0 Å². The number of rotatable bonds is 5. The number of benzene rings is 2. The van der Waals surface area contributed by atoms with Crippen LogP contribution in [0.5, 0.6) is 11.5 Å². The largest absolute Gasteiger partial charge is 0.493 e. The first-order valence-corrected chi connectivity index (χ1v) is 7.16. The smallest absolute Gasteiger partial charge is 0.162 e. The van der Waals surface area contributed by atoms with Gasteiger partial charge >= 0.3 is 0 Å². The quantitative estimate of drug-likeness (QED) is 0.911. The predicted octanol–water partition coefficient (Wildman–Crippen LogP) is 3.91. The summed E-state index contributed by atoms with van der Waals surface area (Å²) in [6.07, 6.45) is 0.724. The molecule has 2 rings (SSSR count). The third kappa shape index (κ3) is 3.49. The topological polar surface area (TPSA) is 44.5 Å². The number of nitrogens with two attached hydrogens (primary N) is 1. The first-order chi connectivity index (χ1) is 10.1. The second-order valence-electron chi connectivity index (χ2n) is 4.97. The summed E-state index contributed by atoms with van der Waals surface area (Å²) >= 11 is 6.32. The molecule has 0 saturated carbocycles. The van der Waals surface area contributed by atoms with E-state index >= 15 is 0 Å². The van der Waals surface area contributed by atoms with Gasteiger partial charge in [-0.05, 0) is 36.1 Å². The van der Waals surface area contributed by atoms with E-state index in [0.717, 1.165) is 12.0 Å². The summed E-state index contributed by atoms with van der Waals surface area (Å²) in [5.74, 6) is 1.24. The van der Waals surface area contributed by atoms with E-state index in [1.54, 1.807) is 20.3 Å². The van der Waals surface area contributed by atoms with E-state index in [9.17, 15) is 0 Å². The average Bonchev–Trinajstić information content (AvgIpc) is 2.49. The lowest BCUT2D eigenvalue weighted by atomic mass is 9.96. The highest BCUT2D eigenvalue weighted by Crippen LogP contribution is 2.36. The lowest BCUT2D eigenvalue weighted by Gasteiger charge is -2.18. The van der Waals surface area contributed by atoms with Crippen LogP contribution in [0.25, 0.3) is 0 Å². The van der Waals surface area contributed by atoms with Gasteiger partial charge in [-0.1, -0.05) is 35.9 Å². The number of hydrogen-bond acceptors (Lipinski definition) is 3. The van der Waals surface area contributed by atoms with Gasteiger partial charge in [0.05, 0.1) is 14.2 Å². The molecule has 0 fully saturated rings. The number of aryl methyl sites for hydroxylation is 1. The minimum Gasteiger partial charge on any atom is -0.493 e. The molecule has 0 aromatic heterocycles. The molecule has 21 heavy (non-hydrogen) atoms. The predicted molar refractivity (Wildman–Crippen MR) is 86.4 cm³/mol. The summed E-state index contributed by atoms with van der Waals surface area (Å²) in [7, 11) is 3.18. The Balaban J connectivity index is 2.31. The fourth-order valence-electron chi connectivity index (χ4n) is 2.34. The zero-order chi connectivity index (χ0) is 15.4. The molecule has 0 radical (unpaired) electrons. The number of ether oxygens (including phenoxy) is 2. The van der Waals surface area contributed by atoms with Crippen molar-refractivity contribution < 1.29 is 9.47 Å². The van der Waals surface area contributed by atoms with Gasteiger partial charge < -0.3 is 15.2 Å². The average molecular weight is 306 g/mol. The Morgan fingerprint density at radius 2 is 1.71 bits per heavy atom. The highest BCUT2D eigenvalue weighted by Gasteiger charge is 2.16. The van der Waals surface area contributed by atoms with Crippen molar-refractivity contribution in [3.63, 3.8) is 0 Å². The molecular formula is C17H20ClNO2. The van der Waals surface area contributed by atoms with E-state index in [2.05, 4.69) is 19.1 Å². The Bertz CT molecular complexity index is 628. The van der Waals surface area contributed by atoms with Crippen molar-refractivity contribution in [1.82, 2.24) is 0 Å². The highest BCUT2D eigenvalue weighted by molar-refractivity contribution is 6.31. The van der Waals surface area contributed by atoms with Crippen LogP contribution < -0.4 is 15.2 Å². The Kier molecular flexibility index (Phi) is 5.10. The first-order valence-electron chi connectivity index (χ1n) is 6.78. The third-order valence-electron chi connectivity index (χ3n) is 3.60. The Hall–Kier alpha value is -1.71. The second-order valence-corrected chi connectivity index (χ2v) is 5.37. The summed E-state index contributed by atoms with van der Waals surface area (Å²) in [6, 6.07) is 11.6. The molecule has 0 spiro atoms. The molecule has 0 bridgehead atoms. The summed E-state index contributed by atoms with van der Waals surface area (Å²) in [5.41, 5.74) is 9.63. The zero-order valence-electron chi connectivity index (χ0n) is 12.5. The van der Waals surface area contributed by atoms with Gasteiger partial charge in [0, 0.05) is 17.1 Å². The lowest BCUT2D eigenvalue weighted by Crippen LogP contribution is -2.15. The maximum atomic E-state index is 6.33. The highest BCUT2D eigenvalue weighted by atomic mass is 35.5. The molecule has 0 amide bonds. The molecule has 0 aliphatic carbocycles. The van der Waals surface area contributed by atoms with Crippen LogP contribution in [0.15, 0.2) is 36.4 Å². The zero-order valence-corrected chi connectivity index (χ0v) is 13.3. The molecular weight excluding hydrogens is 286 g/mol. The molecule has 0 aliphatic rings. The van der Waals surface area contributed by atoms with Gasteiger partial charge in [-0.15, -0.1) is 0 Å². The van der Waals surface area contributed by atoms with Crippen LogP contribution in [0.2, 0.25) is 5.02 Å². The van der Waals surface area contributed by atoms with Gasteiger partial charge in [0.15, 0.2) is 11.5 Å². The van der Waals surface area contributed by atoms with E-state index < -0.39 is 0 Å². The molecule has 0 saturated heterocycles. The fourth-order valence-corrected chi connectivity index (χ4v) is 2.63. The van der Waals surface area contributed by atoms with E-state index in [1.165, 1.54) is 11.1 Å². The minimum atomic E-state index is -0.196. The van der Waals surface area contributed by atoms with Crippen molar-refractivity contribution in [2.24, 2.45) is 5.73 Å². The van der Waals surface area contributed by atoms with Crippen molar-refractivity contribution >= 4 is 11.6 Å². The van der Waals surface area contributed by atoms with Crippen LogP contribution in [0, 0.1) is 6.92 Å². The third-order valence-corrected chi connectivity index (χ3v) is 3.93. The molecule has 2 aromatic carbocycles. The van der Waals surface area contributed by atoms with Crippen LogP contribution in [0.3, 0.4) is 0 Å². The van der Waals surface area contributed by atoms with Crippen LogP contribution in [0.1, 0.15) is 22.7 Å². The van der Waals surface area contributed by atoms with E-state index in [1.807, 2.05) is 18.2 Å². The fraction of sp³-hybridized carbons (Fsp3) is 0.294. The van der Waals surface area contributed by atoms with Crippen molar-refractivity contribution in [2.45, 2.75) is 19.4 Å². The van der Waals surface area contributed by atoms with Gasteiger partial charge in [0.2, 0.25) is 0 Å². The van der Waals surface area contributed by atoms with Gasteiger partial charge in [-0.2, -0.15) is 0 Å². The number of hydrogen-bond donors (Lipinski definition) is 1. The van der Waals surface area contributed by atoms with Crippen LogP contribution >= 0.6 is 11.6 Å². The van der Waals surface area contributed by atoms with Gasteiger partial charge in [0.25, 0.3) is 0 Å². The van der Waals surface area contributed by atoms with Crippen molar-refractivity contribution in [1.29, 1.82) is 0 Å². The van der Waals surface area contributed by atoms with Crippen LogP contribution in [0.4, 0.5) is 0 Å². The van der Waals surface area contributed by atoms with Crippen LogP contribution in [-0.2, 0) is 6.42 Å². The second kappa shape index (κ2) is 6.83. The molecule has 1 unspecified atom stereocenters. The first kappa shape index (κ1) is 15.7. The Morgan fingerprint density at radius 1 is 1.10 bits per heavy atom. The maximum Gasteiger partial charge on any atom is 0.162 e. The monoisotopic (exact) mass is 305 g/mol. The molecule has 0 aliphatic heterocycles. The number of methoxy groups -OCH3 is 2. The van der Waals surface area contributed by atoms with Crippen molar-refractivity contribution in [3.8, 4) is 11.5 Å². The Morgan fingerprint density at radius 3 is 2.33 bits per heavy atom. The summed E-state index contributed by atoms with van der Waals surface area (Å²) in [4.78, 5) is 0. The number of halogens is 1. The summed E-state index contributed by atoms with van der Waals surface area (Å²) in [6.45, 7) is 2.08. The molecule has 1 atom stereocenters. The standard InChI is InChI=1S/C17H20ClNO2/c1-11-6-4-5-7-12(11)8-15(19)13-9-16(20-2)17(21-3)10-14(13)18/h4-7,9-10,15H,8,19H2,1-3H3. The lowest BCUT2D eigenvalue weighted by molar-refractivity contribution is 0.354. The molecule has 2 aromatic rings. The van der Waals surface area contributed by atoms with Crippen molar-refractivity contribution in [2.75, 3.05) is 14.2 Å². The van der Waals surface area contributed by atoms with Gasteiger partial charge in [-0.3, -0.25) is 0 Å². The molecule has 3 nitrogen and oxygen atoms in total. The maximum absolute atomic E-state index is 6.33. The molecule has 4 heteroatoms. The minimum absolute atomic E-state index is 0.196. The summed E-state index contributed by atoms with van der Waals surface area (Å²) < 4.78 is 10.6. The molecule has 0 heterocycles. The van der Waals surface area contributed by atoms with Crippen molar-refractivity contribution in [3.05, 3.63) is 58.1 Å². The normalized spacial score (nSPS) is 12.0. The van der Waals surface area contributed by atoms with E-state index in [0.29, 0.717) is 16.5 Å².